The smallest absolute Gasteiger partial charge is 0.257 e. The van der Waals surface area contributed by atoms with Gasteiger partial charge in [0.25, 0.3) is 5.91 Å². The Labute approximate surface area is 178 Å². The molecular formula is C25H30N4O. The third-order valence-electron chi connectivity index (χ3n) is 5.81. The fourth-order valence-electron chi connectivity index (χ4n) is 4.20. The van der Waals surface area contributed by atoms with Gasteiger partial charge in [-0.1, -0.05) is 67.6 Å². The molecule has 0 bridgehead atoms. The molecular weight excluding hydrogens is 372 g/mol. The van der Waals surface area contributed by atoms with Crippen LogP contribution >= 0.6 is 0 Å². The van der Waals surface area contributed by atoms with Gasteiger partial charge in [-0.25, -0.2) is 0 Å². The molecule has 0 radical (unpaired) electrons. The van der Waals surface area contributed by atoms with Crippen molar-refractivity contribution >= 4 is 5.91 Å². The summed E-state index contributed by atoms with van der Waals surface area (Å²) in [7, 11) is 0. The maximum absolute atomic E-state index is 13.3. The lowest BCUT2D eigenvalue weighted by Crippen LogP contribution is -2.35. The van der Waals surface area contributed by atoms with E-state index in [9.17, 15) is 4.79 Å². The average Bonchev–Trinajstić information content (AvgIpc) is 3.04. The zero-order valence-electron chi connectivity index (χ0n) is 17.7. The van der Waals surface area contributed by atoms with E-state index in [1.54, 1.807) is 6.20 Å². The van der Waals surface area contributed by atoms with Crippen molar-refractivity contribution in [3.8, 4) is 0 Å². The Morgan fingerprint density at radius 3 is 2.20 bits per heavy atom. The summed E-state index contributed by atoms with van der Waals surface area (Å²) < 4.78 is 1.97. The van der Waals surface area contributed by atoms with Crippen molar-refractivity contribution in [1.82, 2.24) is 19.6 Å². The van der Waals surface area contributed by atoms with Crippen molar-refractivity contribution in [2.75, 3.05) is 26.2 Å². The predicted octanol–water partition coefficient (Wildman–Crippen LogP) is 3.84. The number of hydrogen-bond donors (Lipinski definition) is 0. The first-order chi connectivity index (χ1) is 14.7. The fourth-order valence-corrected chi connectivity index (χ4v) is 4.20. The molecule has 4 rings (SSSR count). The van der Waals surface area contributed by atoms with Gasteiger partial charge in [-0.2, -0.15) is 5.10 Å². The molecule has 30 heavy (non-hydrogen) atoms. The normalized spacial score (nSPS) is 15.2. The highest BCUT2D eigenvalue weighted by molar-refractivity contribution is 5.95. The zero-order chi connectivity index (χ0) is 20.8. The molecule has 1 amide bonds. The molecule has 1 saturated heterocycles. The third-order valence-corrected chi connectivity index (χ3v) is 5.81. The van der Waals surface area contributed by atoms with E-state index in [1.165, 1.54) is 11.1 Å². The molecule has 0 atom stereocenters. The first-order valence-corrected chi connectivity index (χ1v) is 10.9. The molecule has 1 fully saturated rings. The van der Waals surface area contributed by atoms with Crippen molar-refractivity contribution < 1.29 is 4.79 Å². The largest absolute Gasteiger partial charge is 0.337 e. The molecule has 5 heteroatoms. The summed E-state index contributed by atoms with van der Waals surface area (Å²) in [4.78, 5) is 17.8. The highest BCUT2D eigenvalue weighted by atomic mass is 16.2. The quantitative estimate of drug-likeness (QED) is 0.629. The molecule has 1 aromatic heterocycles. The van der Waals surface area contributed by atoms with Crippen LogP contribution < -0.4 is 0 Å². The van der Waals surface area contributed by atoms with Gasteiger partial charge < -0.3 is 4.90 Å². The summed E-state index contributed by atoms with van der Waals surface area (Å²) in [5, 5.41) is 4.55. The van der Waals surface area contributed by atoms with E-state index in [2.05, 4.69) is 59.4 Å². The molecule has 5 nitrogen and oxygen atoms in total. The Hall–Kier alpha value is -2.92. The highest BCUT2D eigenvalue weighted by Gasteiger charge is 2.24. The molecule has 2 aromatic carbocycles. The van der Waals surface area contributed by atoms with E-state index in [1.807, 2.05) is 27.8 Å². The number of hydrogen-bond acceptors (Lipinski definition) is 3. The second-order valence-corrected chi connectivity index (χ2v) is 7.91. The molecule has 0 N–H and O–H groups in total. The van der Waals surface area contributed by atoms with Crippen LogP contribution in [-0.4, -0.2) is 51.7 Å². The minimum atomic E-state index is 0.118. The number of carbonyl (C=O) groups is 1. The van der Waals surface area contributed by atoms with Crippen LogP contribution in [0.5, 0.6) is 0 Å². The Morgan fingerprint density at radius 1 is 0.867 bits per heavy atom. The van der Waals surface area contributed by atoms with Crippen LogP contribution in [0.3, 0.4) is 0 Å². The van der Waals surface area contributed by atoms with Gasteiger partial charge >= 0.3 is 0 Å². The lowest BCUT2D eigenvalue weighted by atomic mass is 10.1. The number of carbonyl (C=O) groups excluding carboxylic acids is 1. The predicted molar refractivity (Wildman–Crippen MR) is 119 cm³/mol. The van der Waals surface area contributed by atoms with Crippen molar-refractivity contribution in [2.45, 2.75) is 32.9 Å². The lowest BCUT2D eigenvalue weighted by Gasteiger charge is -2.22. The van der Waals surface area contributed by atoms with Gasteiger partial charge in [-0.15, -0.1) is 0 Å². The van der Waals surface area contributed by atoms with Crippen LogP contribution in [0.4, 0.5) is 0 Å². The van der Waals surface area contributed by atoms with E-state index in [0.29, 0.717) is 6.54 Å². The van der Waals surface area contributed by atoms with Crippen LogP contribution in [0, 0.1) is 0 Å². The molecule has 3 aromatic rings. The zero-order valence-corrected chi connectivity index (χ0v) is 17.7. The number of nitrogens with zero attached hydrogens (tertiary/aromatic N) is 4. The number of aromatic nitrogens is 2. The topological polar surface area (TPSA) is 41.4 Å². The minimum absolute atomic E-state index is 0.118. The number of benzene rings is 2. The SMILES string of the molecule is CCc1c(C(=O)N2CCCN(Cc3ccccc3)CC2)cnn1Cc1ccccc1. The van der Waals surface area contributed by atoms with Gasteiger partial charge in [0.05, 0.1) is 24.0 Å². The standard InChI is InChI=1S/C25H30N4O/c1-2-24-23(18-26-29(24)20-22-12-7-4-8-13-22)25(30)28-15-9-14-27(16-17-28)19-21-10-5-3-6-11-21/h3-8,10-13,18H,2,9,14-17,19-20H2,1H3. The first kappa shape index (κ1) is 20.4. The van der Waals surface area contributed by atoms with Gasteiger partial charge in [0, 0.05) is 32.7 Å². The molecule has 0 aliphatic carbocycles. The Morgan fingerprint density at radius 2 is 1.53 bits per heavy atom. The summed E-state index contributed by atoms with van der Waals surface area (Å²) >= 11 is 0. The number of amides is 1. The van der Waals surface area contributed by atoms with E-state index in [-0.39, 0.29) is 5.91 Å². The van der Waals surface area contributed by atoms with Crippen molar-refractivity contribution in [3.63, 3.8) is 0 Å². The third kappa shape index (κ3) is 4.79. The summed E-state index contributed by atoms with van der Waals surface area (Å²) in [6.07, 6.45) is 3.55. The van der Waals surface area contributed by atoms with Crippen molar-refractivity contribution in [3.05, 3.63) is 89.2 Å². The molecule has 1 aliphatic rings. The van der Waals surface area contributed by atoms with Gasteiger partial charge in [-0.3, -0.25) is 14.4 Å². The minimum Gasteiger partial charge on any atom is -0.337 e. The lowest BCUT2D eigenvalue weighted by molar-refractivity contribution is 0.0760. The molecule has 2 heterocycles. The maximum atomic E-state index is 13.3. The van der Waals surface area contributed by atoms with Crippen LogP contribution in [0.15, 0.2) is 66.9 Å². The fraction of sp³-hybridized carbons (Fsp3) is 0.360. The second kappa shape index (κ2) is 9.72. The Balaban J connectivity index is 1.43. The van der Waals surface area contributed by atoms with Gasteiger partial charge in [0.2, 0.25) is 0 Å². The van der Waals surface area contributed by atoms with Gasteiger partial charge in [0.1, 0.15) is 0 Å². The van der Waals surface area contributed by atoms with Crippen LogP contribution in [0.1, 0.15) is 40.5 Å². The molecule has 0 spiro atoms. The van der Waals surface area contributed by atoms with Crippen LogP contribution in [0.25, 0.3) is 0 Å². The van der Waals surface area contributed by atoms with E-state index >= 15 is 0 Å². The second-order valence-electron chi connectivity index (χ2n) is 7.91. The van der Waals surface area contributed by atoms with Gasteiger partial charge in [-0.05, 0) is 24.0 Å². The summed E-state index contributed by atoms with van der Waals surface area (Å²) in [6, 6.07) is 20.8. The number of rotatable bonds is 6. The van der Waals surface area contributed by atoms with E-state index in [0.717, 1.165) is 56.8 Å². The molecule has 156 valence electrons. The summed E-state index contributed by atoms with van der Waals surface area (Å²) in [5.74, 6) is 0.118. The van der Waals surface area contributed by atoms with Crippen LogP contribution in [0.2, 0.25) is 0 Å². The average molecular weight is 403 g/mol. The van der Waals surface area contributed by atoms with Crippen LogP contribution in [-0.2, 0) is 19.5 Å². The summed E-state index contributed by atoms with van der Waals surface area (Å²) in [6.45, 7) is 7.22. The monoisotopic (exact) mass is 402 g/mol. The highest BCUT2D eigenvalue weighted by Crippen LogP contribution is 2.17. The van der Waals surface area contributed by atoms with E-state index < -0.39 is 0 Å². The van der Waals surface area contributed by atoms with E-state index in [4.69, 9.17) is 0 Å². The van der Waals surface area contributed by atoms with Gasteiger partial charge in [0.15, 0.2) is 0 Å². The first-order valence-electron chi connectivity index (χ1n) is 10.9. The Kier molecular flexibility index (Phi) is 6.60. The Bertz CT molecular complexity index is 952. The molecule has 1 aliphatic heterocycles. The van der Waals surface area contributed by atoms with Crippen molar-refractivity contribution in [1.29, 1.82) is 0 Å². The maximum Gasteiger partial charge on any atom is 0.257 e. The summed E-state index contributed by atoms with van der Waals surface area (Å²) in [5.41, 5.74) is 4.30. The molecule has 0 saturated carbocycles. The molecule has 0 unspecified atom stereocenters. The van der Waals surface area contributed by atoms with Crippen molar-refractivity contribution in [2.24, 2.45) is 0 Å².